The second-order valence-electron chi connectivity index (χ2n) is 4.21. The van der Waals surface area contributed by atoms with Crippen LogP contribution in [0.1, 0.15) is 12.0 Å². The Morgan fingerprint density at radius 2 is 2.10 bits per heavy atom. The van der Waals surface area contributed by atoms with Gasteiger partial charge in [0.2, 0.25) is 6.41 Å². The number of carbonyl (C=O) groups is 2. The van der Waals surface area contributed by atoms with Crippen molar-refractivity contribution < 1.29 is 24.2 Å². The summed E-state index contributed by atoms with van der Waals surface area (Å²) in [6.07, 6.45) is 0.795. The fraction of sp³-hybridized carbons (Fsp3) is 0.429. The first-order chi connectivity index (χ1) is 10.1. The van der Waals surface area contributed by atoms with Crippen LogP contribution >= 0.6 is 11.8 Å². The van der Waals surface area contributed by atoms with E-state index in [1.165, 1.54) is 0 Å². The van der Waals surface area contributed by atoms with Gasteiger partial charge in [0.05, 0.1) is 14.2 Å². The molecule has 7 heteroatoms. The third-order valence-corrected chi connectivity index (χ3v) is 3.90. The molecule has 0 aliphatic rings. The zero-order chi connectivity index (χ0) is 15.7. The summed E-state index contributed by atoms with van der Waals surface area (Å²) in [5.41, 5.74) is 1.06. The molecule has 1 unspecified atom stereocenters. The first kappa shape index (κ1) is 17.2. The lowest BCUT2D eigenvalue weighted by atomic mass is 10.2. The number of aliphatic carboxylic acids is 1. The van der Waals surface area contributed by atoms with Crippen LogP contribution in [-0.2, 0) is 15.3 Å². The lowest BCUT2D eigenvalue weighted by Gasteiger charge is -2.11. The highest BCUT2D eigenvalue weighted by atomic mass is 32.2. The van der Waals surface area contributed by atoms with Gasteiger partial charge in [0, 0.05) is 5.75 Å². The second kappa shape index (κ2) is 9.12. The van der Waals surface area contributed by atoms with E-state index in [2.05, 4.69) is 5.32 Å². The third kappa shape index (κ3) is 5.55. The van der Waals surface area contributed by atoms with Gasteiger partial charge in [-0.3, -0.25) is 4.79 Å². The van der Waals surface area contributed by atoms with Gasteiger partial charge in [-0.15, -0.1) is 0 Å². The highest BCUT2D eigenvalue weighted by Gasteiger charge is 2.15. The lowest BCUT2D eigenvalue weighted by molar-refractivity contribution is -0.140. The molecule has 0 heterocycles. The van der Waals surface area contributed by atoms with Crippen LogP contribution in [0.25, 0.3) is 0 Å². The summed E-state index contributed by atoms with van der Waals surface area (Å²) in [7, 11) is 3.16. The number of ether oxygens (including phenoxy) is 2. The Kier molecular flexibility index (Phi) is 7.45. The topological polar surface area (TPSA) is 84.9 Å². The molecule has 0 aromatic heterocycles. The number of rotatable bonds is 10. The highest BCUT2D eigenvalue weighted by Crippen LogP contribution is 2.29. The zero-order valence-electron chi connectivity index (χ0n) is 12.0. The summed E-state index contributed by atoms with van der Waals surface area (Å²) < 4.78 is 10.4. The van der Waals surface area contributed by atoms with E-state index in [0.29, 0.717) is 30.1 Å². The standard InChI is InChI=1S/C14H19NO5S/c1-19-12-4-3-10(7-13(12)20-2)8-21-6-5-11(14(17)18)15-9-16/h3-4,7,9,11H,5-6,8H2,1-2H3,(H,15,16)(H,17,18). The van der Waals surface area contributed by atoms with Crippen LogP contribution in [0, 0.1) is 0 Å². The predicted molar refractivity (Wildman–Crippen MR) is 80.9 cm³/mol. The first-order valence-corrected chi connectivity index (χ1v) is 7.49. The Balaban J connectivity index is 2.45. The number of carboxylic acids is 1. The summed E-state index contributed by atoms with van der Waals surface area (Å²) >= 11 is 1.59. The Labute approximate surface area is 127 Å². The van der Waals surface area contributed by atoms with Gasteiger partial charge in [0.1, 0.15) is 6.04 Å². The summed E-state index contributed by atoms with van der Waals surface area (Å²) in [5.74, 6) is 1.68. The monoisotopic (exact) mass is 313 g/mol. The number of thioether (sulfide) groups is 1. The maximum Gasteiger partial charge on any atom is 0.326 e. The Hall–Kier alpha value is -1.89. The van der Waals surface area contributed by atoms with E-state index in [9.17, 15) is 9.59 Å². The number of carboxylic acid groups (broad SMARTS) is 1. The van der Waals surface area contributed by atoms with Crippen molar-refractivity contribution >= 4 is 24.1 Å². The predicted octanol–water partition coefficient (Wildman–Crippen LogP) is 1.53. The van der Waals surface area contributed by atoms with Gasteiger partial charge in [0.15, 0.2) is 11.5 Å². The molecule has 0 spiro atoms. The molecule has 2 N–H and O–H groups in total. The molecule has 116 valence electrons. The van der Waals surface area contributed by atoms with E-state index in [-0.39, 0.29) is 0 Å². The number of benzene rings is 1. The van der Waals surface area contributed by atoms with Crippen LogP contribution in [0.2, 0.25) is 0 Å². The van der Waals surface area contributed by atoms with Crippen LogP contribution in [0.5, 0.6) is 11.5 Å². The van der Waals surface area contributed by atoms with E-state index < -0.39 is 12.0 Å². The van der Waals surface area contributed by atoms with Crippen molar-refractivity contribution in [1.29, 1.82) is 0 Å². The Bertz CT molecular complexity index is 480. The summed E-state index contributed by atoms with van der Waals surface area (Å²) in [6, 6.07) is 4.83. The lowest BCUT2D eigenvalue weighted by Crippen LogP contribution is -2.36. The fourth-order valence-electron chi connectivity index (χ4n) is 1.72. The van der Waals surface area contributed by atoms with E-state index in [1.54, 1.807) is 26.0 Å². The Morgan fingerprint density at radius 1 is 1.38 bits per heavy atom. The smallest absolute Gasteiger partial charge is 0.326 e. The van der Waals surface area contributed by atoms with Crippen LogP contribution in [0.4, 0.5) is 0 Å². The molecule has 0 radical (unpaired) electrons. The summed E-state index contributed by atoms with van der Waals surface area (Å²) in [4.78, 5) is 21.1. The molecule has 1 aromatic carbocycles. The molecule has 0 saturated heterocycles. The molecule has 1 aromatic rings. The number of hydrogen-bond acceptors (Lipinski definition) is 5. The second-order valence-corrected chi connectivity index (χ2v) is 5.31. The zero-order valence-corrected chi connectivity index (χ0v) is 12.8. The van der Waals surface area contributed by atoms with Crippen molar-refractivity contribution in [3.63, 3.8) is 0 Å². The molecular weight excluding hydrogens is 294 g/mol. The fourth-order valence-corrected chi connectivity index (χ4v) is 2.68. The molecule has 21 heavy (non-hydrogen) atoms. The van der Waals surface area contributed by atoms with Crippen molar-refractivity contribution in [2.24, 2.45) is 0 Å². The third-order valence-electron chi connectivity index (χ3n) is 2.83. The minimum atomic E-state index is -1.02. The van der Waals surface area contributed by atoms with Crippen molar-refractivity contribution in [2.45, 2.75) is 18.2 Å². The van der Waals surface area contributed by atoms with Crippen molar-refractivity contribution in [3.05, 3.63) is 23.8 Å². The number of hydrogen-bond donors (Lipinski definition) is 2. The highest BCUT2D eigenvalue weighted by molar-refractivity contribution is 7.98. The minimum Gasteiger partial charge on any atom is -0.493 e. The molecule has 0 aliphatic carbocycles. The van der Waals surface area contributed by atoms with Crippen molar-refractivity contribution in [1.82, 2.24) is 5.32 Å². The van der Waals surface area contributed by atoms with Gasteiger partial charge >= 0.3 is 5.97 Å². The molecule has 1 amide bonds. The molecular formula is C14H19NO5S. The number of carbonyl (C=O) groups excluding carboxylic acids is 1. The Morgan fingerprint density at radius 3 is 2.67 bits per heavy atom. The van der Waals surface area contributed by atoms with Crippen LogP contribution in [0.15, 0.2) is 18.2 Å². The van der Waals surface area contributed by atoms with Gasteiger partial charge in [-0.05, 0) is 29.9 Å². The van der Waals surface area contributed by atoms with Gasteiger partial charge in [0.25, 0.3) is 0 Å². The summed E-state index contributed by atoms with van der Waals surface area (Å²) in [5, 5.41) is 11.2. The number of methoxy groups -OCH3 is 2. The molecule has 6 nitrogen and oxygen atoms in total. The molecule has 0 aliphatic heterocycles. The molecule has 0 fully saturated rings. The summed E-state index contributed by atoms with van der Waals surface area (Å²) in [6.45, 7) is 0. The molecule has 1 atom stereocenters. The molecule has 0 saturated carbocycles. The van der Waals surface area contributed by atoms with Gasteiger partial charge in [-0.1, -0.05) is 6.07 Å². The van der Waals surface area contributed by atoms with Crippen LogP contribution in [0.3, 0.4) is 0 Å². The van der Waals surface area contributed by atoms with E-state index in [1.807, 2.05) is 18.2 Å². The number of amides is 1. The van der Waals surface area contributed by atoms with Gasteiger partial charge in [-0.25, -0.2) is 4.79 Å². The molecule has 0 bridgehead atoms. The van der Waals surface area contributed by atoms with Crippen LogP contribution < -0.4 is 14.8 Å². The maximum absolute atomic E-state index is 10.8. The average molecular weight is 313 g/mol. The largest absolute Gasteiger partial charge is 0.493 e. The normalized spacial score (nSPS) is 11.5. The maximum atomic E-state index is 10.8. The average Bonchev–Trinajstić information content (AvgIpc) is 2.49. The van der Waals surface area contributed by atoms with E-state index in [4.69, 9.17) is 14.6 Å². The van der Waals surface area contributed by atoms with Crippen molar-refractivity contribution in [2.75, 3.05) is 20.0 Å². The van der Waals surface area contributed by atoms with Crippen LogP contribution in [-0.4, -0.2) is 43.5 Å². The van der Waals surface area contributed by atoms with Gasteiger partial charge in [-0.2, -0.15) is 11.8 Å². The number of nitrogens with one attached hydrogen (secondary N) is 1. The minimum absolute atomic E-state index is 0.381. The van der Waals surface area contributed by atoms with E-state index >= 15 is 0 Å². The van der Waals surface area contributed by atoms with Gasteiger partial charge < -0.3 is 19.9 Å². The molecule has 1 rings (SSSR count). The first-order valence-electron chi connectivity index (χ1n) is 6.33. The van der Waals surface area contributed by atoms with Crippen molar-refractivity contribution in [3.8, 4) is 11.5 Å². The SMILES string of the molecule is COc1ccc(CSCCC(NC=O)C(=O)O)cc1OC. The van der Waals surface area contributed by atoms with E-state index in [0.717, 1.165) is 11.3 Å². The quantitative estimate of drug-likeness (QED) is 0.503.